The highest BCUT2D eigenvalue weighted by atomic mass is 35.5. The Morgan fingerprint density at radius 1 is 1.17 bits per heavy atom. The van der Waals surface area contributed by atoms with E-state index >= 15 is 0 Å². The molecule has 1 aliphatic rings. The summed E-state index contributed by atoms with van der Waals surface area (Å²) in [5.74, 6) is -2.01. The second-order valence-electron chi connectivity index (χ2n) is 5.25. The van der Waals surface area contributed by atoms with Gasteiger partial charge in [-0.05, 0) is 43.9 Å². The highest BCUT2D eigenvalue weighted by Gasteiger charge is 2.28. The summed E-state index contributed by atoms with van der Waals surface area (Å²) in [6.07, 6.45) is 1.61. The quantitative estimate of drug-likeness (QED) is 0.539. The molecule has 23 heavy (non-hydrogen) atoms. The van der Waals surface area contributed by atoms with Crippen LogP contribution in [0.3, 0.4) is 0 Å². The average Bonchev–Trinajstić information content (AvgIpc) is 3.26. The van der Waals surface area contributed by atoms with Crippen molar-refractivity contribution in [1.29, 1.82) is 0 Å². The molecule has 0 heterocycles. The number of hydrogen-bond donors (Lipinski definition) is 3. The van der Waals surface area contributed by atoms with E-state index in [1.807, 2.05) is 10.3 Å². The molecule has 0 bridgehead atoms. The van der Waals surface area contributed by atoms with Gasteiger partial charge in [0.05, 0.1) is 5.02 Å². The Bertz CT molecular complexity index is 750. The number of aryl methyl sites for hydroxylation is 1. The molecule has 1 fully saturated rings. The normalized spacial score (nSPS) is 14.4. The van der Waals surface area contributed by atoms with E-state index in [9.17, 15) is 18.0 Å². The Labute approximate surface area is 143 Å². The minimum atomic E-state index is -4.19. The molecular formula is C13H15Cl2N3O4S. The largest absolute Gasteiger partial charge is 0.345 e. The van der Waals surface area contributed by atoms with Crippen LogP contribution in [0, 0.1) is 13.8 Å². The number of hydrazine groups is 1. The minimum Gasteiger partial charge on any atom is -0.345 e. The number of sulfonamides is 1. The third-order valence-electron chi connectivity index (χ3n) is 3.27. The van der Waals surface area contributed by atoms with E-state index in [4.69, 9.17) is 23.2 Å². The van der Waals surface area contributed by atoms with E-state index in [2.05, 4.69) is 5.32 Å². The summed E-state index contributed by atoms with van der Waals surface area (Å²) in [5, 5.41) is 2.66. The molecule has 0 spiro atoms. The SMILES string of the molecule is Cc1cc(Cl)c(C)c(S(=O)(=O)NNC(=O)C(=O)NC2CC2)c1Cl. The summed E-state index contributed by atoms with van der Waals surface area (Å²) in [7, 11) is -4.19. The molecule has 0 aliphatic heterocycles. The van der Waals surface area contributed by atoms with Crippen LogP contribution in [-0.2, 0) is 19.6 Å². The second kappa shape index (κ2) is 6.64. The summed E-state index contributed by atoms with van der Waals surface area (Å²) >= 11 is 12.0. The van der Waals surface area contributed by atoms with Crippen LogP contribution in [0.2, 0.25) is 10.0 Å². The Kier molecular flexibility index (Phi) is 5.20. The first-order chi connectivity index (χ1) is 10.6. The standard InChI is InChI=1S/C13H15Cl2N3O4S/c1-6-5-9(14)7(2)11(10(6)15)23(21,22)18-17-13(20)12(19)16-8-3-4-8/h5,8,18H,3-4H2,1-2H3,(H,16,19)(H,17,20). The molecule has 1 saturated carbocycles. The summed E-state index contributed by atoms with van der Waals surface area (Å²) in [6.45, 7) is 3.10. The van der Waals surface area contributed by atoms with Crippen molar-refractivity contribution in [2.45, 2.75) is 37.6 Å². The van der Waals surface area contributed by atoms with E-state index in [0.29, 0.717) is 5.56 Å². The van der Waals surface area contributed by atoms with Crippen LogP contribution in [0.5, 0.6) is 0 Å². The zero-order chi connectivity index (χ0) is 17.4. The monoisotopic (exact) mass is 379 g/mol. The predicted molar refractivity (Wildman–Crippen MR) is 85.6 cm³/mol. The first kappa shape index (κ1) is 18.0. The first-order valence-electron chi connectivity index (χ1n) is 6.71. The second-order valence-corrected chi connectivity index (χ2v) is 7.66. The Hall–Kier alpha value is -1.35. The number of rotatable bonds is 4. The van der Waals surface area contributed by atoms with Crippen LogP contribution in [0.15, 0.2) is 11.0 Å². The lowest BCUT2D eigenvalue weighted by molar-refractivity contribution is -0.139. The highest BCUT2D eigenvalue weighted by Crippen LogP contribution is 2.33. The average molecular weight is 380 g/mol. The zero-order valence-electron chi connectivity index (χ0n) is 12.4. The summed E-state index contributed by atoms with van der Waals surface area (Å²) in [4.78, 5) is 24.7. The van der Waals surface area contributed by atoms with Crippen molar-refractivity contribution >= 4 is 45.0 Å². The van der Waals surface area contributed by atoms with Gasteiger partial charge in [0.25, 0.3) is 10.0 Å². The van der Waals surface area contributed by atoms with E-state index < -0.39 is 21.8 Å². The van der Waals surface area contributed by atoms with Crippen LogP contribution in [0.1, 0.15) is 24.0 Å². The van der Waals surface area contributed by atoms with Gasteiger partial charge in [-0.1, -0.05) is 23.2 Å². The Morgan fingerprint density at radius 3 is 2.35 bits per heavy atom. The van der Waals surface area contributed by atoms with Gasteiger partial charge >= 0.3 is 11.8 Å². The third-order valence-corrected chi connectivity index (χ3v) is 5.68. The molecule has 0 aromatic heterocycles. The number of amides is 2. The van der Waals surface area contributed by atoms with Crippen LogP contribution < -0.4 is 15.6 Å². The van der Waals surface area contributed by atoms with E-state index in [-0.39, 0.29) is 26.5 Å². The molecule has 10 heteroatoms. The third kappa shape index (κ3) is 4.14. The predicted octanol–water partition coefficient (Wildman–Crippen LogP) is 1.20. The molecule has 1 aromatic rings. The zero-order valence-corrected chi connectivity index (χ0v) is 14.7. The maximum Gasteiger partial charge on any atom is 0.324 e. The molecule has 1 aliphatic carbocycles. The number of nitrogens with one attached hydrogen (secondary N) is 3. The molecular weight excluding hydrogens is 365 g/mol. The van der Waals surface area contributed by atoms with Crippen molar-refractivity contribution < 1.29 is 18.0 Å². The summed E-state index contributed by atoms with van der Waals surface area (Å²) in [5.41, 5.74) is 2.57. The van der Waals surface area contributed by atoms with Crippen molar-refractivity contribution in [3.05, 3.63) is 27.2 Å². The molecule has 126 valence electrons. The van der Waals surface area contributed by atoms with Crippen LogP contribution in [0.4, 0.5) is 0 Å². The van der Waals surface area contributed by atoms with E-state index in [1.54, 1.807) is 13.0 Å². The smallest absolute Gasteiger partial charge is 0.324 e. The molecule has 0 saturated heterocycles. The fourth-order valence-corrected chi connectivity index (χ4v) is 3.89. The summed E-state index contributed by atoms with van der Waals surface area (Å²) < 4.78 is 24.7. The van der Waals surface area contributed by atoms with Gasteiger partial charge < -0.3 is 5.32 Å². The van der Waals surface area contributed by atoms with Gasteiger partial charge in [0.2, 0.25) is 0 Å². The maximum atomic E-state index is 12.3. The van der Waals surface area contributed by atoms with Gasteiger partial charge in [-0.25, -0.2) is 8.42 Å². The summed E-state index contributed by atoms with van der Waals surface area (Å²) in [6, 6.07) is 1.53. The van der Waals surface area contributed by atoms with Crippen molar-refractivity contribution in [3.63, 3.8) is 0 Å². The molecule has 0 unspecified atom stereocenters. The molecule has 2 rings (SSSR count). The topological polar surface area (TPSA) is 104 Å². The number of benzene rings is 1. The van der Waals surface area contributed by atoms with Crippen LogP contribution >= 0.6 is 23.2 Å². The molecule has 3 N–H and O–H groups in total. The lowest BCUT2D eigenvalue weighted by atomic mass is 10.2. The number of halogens is 2. The van der Waals surface area contributed by atoms with E-state index in [0.717, 1.165) is 12.8 Å². The Morgan fingerprint density at radius 2 is 1.78 bits per heavy atom. The van der Waals surface area contributed by atoms with Gasteiger partial charge in [-0.3, -0.25) is 15.0 Å². The van der Waals surface area contributed by atoms with Gasteiger partial charge in [-0.2, -0.15) is 0 Å². The van der Waals surface area contributed by atoms with Crippen molar-refractivity contribution in [3.8, 4) is 0 Å². The van der Waals surface area contributed by atoms with Crippen molar-refractivity contribution in [1.82, 2.24) is 15.6 Å². The number of carbonyl (C=O) groups is 2. The first-order valence-corrected chi connectivity index (χ1v) is 8.95. The lowest BCUT2D eigenvalue weighted by Crippen LogP contribution is -2.49. The van der Waals surface area contributed by atoms with Gasteiger partial charge in [-0.15, -0.1) is 4.83 Å². The lowest BCUT2D eigenvalue weighted by Gasteiger charge is -2.14. The molecule has 7 nitrogen and oxygen atoms in total. The van der Waals surface area contributed by atoms with Crippen LogP contribution in [-0.4, -0.2) is 26.3 Å². The maximum absolute atomic E-state index is 12.3. The fourth-order valence-electron chi connectivity index (χ4n) is 1.83. The molecule has 0 radical (unpaired) electrons. The Balaban J connectivity index is 2.16. The fraction of sp³-hybridized carbons (Fsp3) is 0.385. The molecule has 2 amide bonds. The number of carbonyl (C=O) groups excluding carboxylic acids is 2. The number of hydrogen-bond acceptors (Lipinski definition) is 4. The molecule has 1 aromatic carbocycles. The van der Waals surface area contributed by atoms with Crippen LogP contribution in [0.25, 0.3) is 0 Å². The molecule has 0 atom stereocenters. The highest BCUT2D eigenvalue weighted by molar-refractivity contribution is 7.89. The minimum absolute atomic E-state index is 0.00363. The van der Waals surface area contributed by atoms with Crippen molar-refractivity contribution in [2.75, 3.05) is 0 Å². The van der Waals surface area contributed by atoms with Gasteiger partial charge in [0.15, 0.2) is 0 Å². The van der Waals surface area contributed by atoms with Gasteiger partial charge in [0.1, 0.15) is 4.90 Å². The van der Waals surface area contributed by atoms with E-state index in [1.165, 1.54) is 6.92 Å². The van der Waals surface area contributed by atoms with Crippen molar-refractivity contribution in [2.24, 2.45) is 0 Å². The van der Waals surface area contributed by atoms with Gasteiger partial charge in [0, 0.05) is 11.1 Å².